The van der Waals surface area contributed by atoms with Crippen molar-refractivity contribution in [3.8, 4) is 0 Å². The van der Waals surface area contributed by atoms with Crippen LogP contribution in [0.25, 0.3) is 0 Å². The van der Waals surface area contributed by atoms with Gasteiger partial charge in [0.05, 0.1) is 24.9 Å². The molecule has 4 rings (SSSR count). The smallest absolute Gasteiger partial charge is 0.253 e. The van der Waals surface area contributed by atoms with Crippen LogP contribution in [0.3, 0.4) is 0 Å². The first-order valence-corrected chi connectivity index (χ1v) is 9.24. The van der Waals surface area contributed by atoms with Crippen LogP contribution in [0, 0.1) is 0 Å². The van der Waals surface area contributed by atoms with E-state index in [4.69, 9.17) is 4.74 Å². The predicted octanol–water partition coefficient (Wildman–Crippen LogP) is 1.55. The second kappa shape index (κ2) is 6.85. The summed E-state index contributed by atoms with van der Waals surface area (Å²) in [7, 11) is 1.67. The number of hydrogen-bond acceptors (Lipinski definition) is 4. The number of hydrogen-bond donors (Lipinski definition) is 2. The lowest BCUT2D eigenvalue weighted by molar-refractivity contribution is -0.139. The molecule has 0 spiro atoms. The highest BCUT2D eigenvalue weighted by Gasteiger charge is 2.43. The number of nitrogens with one attached hydrogen (secondary N) is 1. The molecule has 2 aliphatic carbocycles. The lowest BCUT2D eigenvalue weighted by atomic mass is 9.92. The van der Waals surface area contributed by atoms with Crippen LogP contribution < -0.4 is 5.32 Å². The highest BCUT2D eigenvalue weighted by molar-refractivity contribution is 5.87. The van der Waals surface area contributed by atoms with Crippen molar-refractivity contribution in [1.29, 1.82) is 0 Å². The summed E-state index contributed by atoms with van der Waals surface area (Å²) in [6.45, 7) is 1.30. The Hall–Kier alpha value is -2.18. The number of amides is 1. The van der Waals surface area contributed by atoms with Crippen LogP contribution in [0.4, 0.5) is 0 Å². The van der Waals surface area contributed by atoms with Crippen LogP contribution in [0.1, 0.15) is 41.3 Å². The maximum Gasteiger partial charge on any atom is 0.253 e. The van der Waals surface area contributed by atoms with Crippen LogP contribution in [-0.4, -0.2) is 40.1 Å². The Labute approximate surface area is 153 Å². The minimum absolute atomic E-state index is 0.136. The van der Waals surface area contributed by atoms with Gasteiger partial charge in [0.25, 0.3) is 5.91 Å². The number of aromatic nitrogens is 2. The monoisotopic (exact) mass is 355 g/mol. The highest BCUT2D eigenvalue weighted by atomic mass is 16.5. The minimum Gasteiger partial charge on any atom is -0.383 e. The average molecular weight is 355 g/mol. The first kappa shape index (κ1) is 17.2. The van der Waals surface area contributed by atoms with Crippen molar-refractivity contribution in [2.45, 2.75) is 50.3 Å². The Morgan fingerprint density at radius 3 is 2.77 bits per heavy atom. The second-order valence-electron chi connectivity index (χ2n) is 7.37. The fourth-order valence-corrected chi connectivity index (χ4v) is 4.09. The maximum atomic E-state index is 12.9. The van der Waals surface area contributed by atoms with Gasteiger partial charge in [-0.05, 0) is 36.0 Å². The van der Waals surface area contributed by atoms with Crippen LogP contribution >= 0.6 is 0 Å². The molecule has 1 atom stereocenters. The summed E-state index contributed by atoms with van der Waals surface area (Å²) in [6.07, 6.45) is 5.63. The molecule has 138 valence electrons. The van der Waals surface area contributed by atoms with E-state index in [9.17, 15) is 9.90 Å². The molecule has 0 aliphatic heterocycles. The Morgan fingerprint density at radius 1 is 1.35 bits per heavy atom. The van der Waals surface area contributed by atoms with Crippen molar-refractivity contribution in [3.63, 3.8) is 0 Å². The van der Waals surface area contributed by atoms with Gasteiger partial charge in [0.1, 0.15) is 0 Å². The second-order valence-corrected chi connectivity index (χ2v) is 7.37. The number of aliphatic hydroxyl groups is 1. The van der Waals surface area contributed by atoms with Crippen molar-refractivity contribution in [1.82, 2.24) is 15.1 Å². The van der Waals surface area contributed by atoms with E-state index in [1.165, 1.54) is 5.56 Å². The molecule has 0 saturated carbocycles. The minimum atomic E-state index is -1.36. The van der Waals surface area contributed by atoms with Crippen molar-refractivity contribution in [2.24, 2.45) is 0 Å². The van der Waals surface area contributed by atoms with Gasteiger partial charge in [-0.25, -0.2) is 0 Å². The maximum absolute atomic E-state index is 12.9. The van der Waals surface area contributed by atoms with E-state index >= 15 is 0 Å². The fraction of sp³-hybridized carbons (Fsp3) is 0.500. The third-order valence-corrected chi connectivity index (χ3v) is 5.48. The first-order valence-electron chi connectivity index (χ1n) is 9.24. The van der Waals surface area contributed by atoms with Crippen LogP contribution in [0.2, 0.25) is 0 Å². The molecular formula is C20H25N3O3. The zero-order valence-corrected chi connectivity index (χ0v) is 15.1. The SMILES string of the molecule is COCCn1cc2c(n1)[C@H](NC(=O)C1(O)Cc3ccccc3C1)CCC2. The number of rotatable bonds is 5. The number of nitrogens with zero attached hydrogens (tertiary/aromatic N) is 2. The molecule has 6 nitrogen and oxygen atoms in total. The van der Waals surface area contributed by atoms with Gasteiger partial charge in [-0.2, -0.15) is 5.10 Å². The van der Waals surface area contributed by atoms with Gasteiger partial charge >= 0.3 is 0 Å². The summed E-state index contributed by atoms with van der Waals surface area (Å²) in [6, 6.07) is 7.72. The number of benzene rings is 1. The van der Waals surface area contributed by atoms with Gasteiger partial charge in [-0.15, -0.1) is 0 Å². The topological polar surface area (TPSA) is 76.4 Å². The Kier molecular flexibility index (Phi) is 4.54. The zero-order valence-electron chi connectivity index (χ0n) is 15.1. The molecule has 0 radical (unpaired) electrons. The largest absolute Gasteiger partial charge is 0.383 e. The Bertz CT molecular complexity index is 789. The van der Waals surface area contributed by atoms with Gasteiger partial charge in [0.15, 0.2) is 5.60 Å². The molecule has 26 heavy (non-hydrogen) atoms. The number of methoxy groups -OCH3 is 1. The zero-order chi connectivity index (χ0) is 18.1. The molecule has 1 aromatic carbocycles. The van der Waals surface area contributed by atoms with Gasteiger partial charge in [-0.1, -0.05) is 24.3 Å². The molecule has 0 bridgehead atoms. The number of carbonyl (C=O) groups excluding carboxylic acids is 1. The van der Waals surface area contributed by atoms with Gasteiger partial charge < -0.3 is 15.2 Å². The quantitative estimate of drug-likeness (QED) is 0.853. The van der Waals surface area contributed by atoms with E-state index in [1.54, 1.807) is 7.11 Å². The van der Waals surface area contributed by atoms with Crippen molar-refractivity contribution < 1.29 is 14.6 Å². The summed E-state index contributed by atoms with van der Waals surface area (Å²) in [5.74, 6) is -0.294. The van der Waals surface area contributed by atoms with Gasteiger partial charge in [0, 0.05) is 26.1 Å². The highest BCUT2D eigenvalue weighted by Crippen LogP contribution is 2.33. The fourth-order valence-electron chi connectivity index (χ4n) is 4.09. The normalized spacial score (nSPS) is 20.5. The first-order chi connectivity index (χ1) is 12.6. The van der Waals surface area contributed by atoms with E-state index < -0.39 is 5.60 Å². The molecular weight excluding hydrogens is 330 g/mol. The summed E-state index contributed by atoms with van der Waals surface area (Å²) in [5.41, 5.74) is 2.86. The lowest BCUT2D eigenvalue weighted by Gasteiger charge is -2.27. The van der Waals surface area contributed by atoms with Gasteiger partial charge in [0.2, 0.25) is 0 Å². The molecule has 2 N–H and O–H groups in total. The lowest BCUT2D eigenvalue weighted by Crippen LogP contribution is -2.49. The molecule has 0 saturated heterocycles. The number of ether oxygens (including phenoxy) is 1. The average Bonchev–Trinajstić information content (AvgIpc) is 3.21. The molecule has 0 fully saturated rings. The molecule has 1 amide bonds. The number of aryl methyl sites for hydroxylation is 1. The van der Waals surface area contributed by atoms with Crippen molar-refractivity contribution in [2.75, 3.05) is 13.7 Å². The van der Waals surface area contributed by atoms with Crippen LogP contribution in [0.5, 0.6) is 0 Å². The van der Waals surface area contributed by atoms with E-state index in [2.05, 4.69) is 10.4 Å². The van der Waals surface area contributed by atoms with E-state index in [0.29, 0.717) is 26.0 Å². The van der Waals surface area contributed by atoms with E-state index in [0.717, 1.165) is 36.1 Å². The summed E-state index contributed by atoms with van der Waals surface area (Å²) in [5, 5.41) is 18.6. The molecule has 0 unspecified atom stereocenters. The van der Waals surface area contributed by atoms with Crippen LogP contribution in [0.15, 0.2) is 30.5 Å². The number of carbonyl (C=O) groups is 1. The predicted molar refractivity (Wildman–Crippen MR) is 96.7 cm³/mol. The number of fused-ring (bicyclic) bond motifs is 2. The molecule has 2 aromatic rings. The standard InChI is InChI=1S/C20H25N3O3/c1-26-10-9-23-13-16-7-4-8-17(18(16)22-23)21-19(24)20(25)11-14-5-2-3-6-15(14)12-20/h2-3,5-6,13,17,25H,4,7-12H2,1H3,(H,21,24)/t17-/m1/s1. The Morgan fingerprint density at radius 2 is 2.08 bits per heavy atom. The van der Waals surface area contributed by atoms with Crippen molar-refractivity contribution >= 4 is 5.91 Å². The van der Waals surface area contributed by atoms with Gasteiger partial charge in [-0.3, -0.25) is 9.48 Å². The third-order valence-electron chi connectivity index (χ3n) is 5.48. The summed E-state index contributed by atoms with van der Waals surface area (Å²) < 4.78 is 7.00. The molecule has 1 heterocycles. The van der Waals surface area contributed by atoms with Crippen LogP contribution in [-0.2, 0) is 35.3 Å². The third kappa shape index (κ3) is 3.15. The molecule has 6 heteroatoms. The summed E-state index contributed by atoms with van der Waals surface area (Å²) >= 11 is 0. The van der Waals surface area contributed by atoms with Crippen molar-refractivity contribution in [3.05, 3.63) is 52.8 Å². The molecule has 1 aromatic heterocycles. The Balaban J connectivity index is 1.48. The summed E-state index contributed by atoms with van der Waals surface area (Å²) in [4.78, 5) is 12.9. The van der Waals surface area contributed by atoms with E-state index in [-0.39, 0.29) is 11.9 Å². The molecule has 2 aliphatic rings. The van der Waals surface area contributed by atoms with E-state index in [1.807, 2.05) is 35.1 Å².